The Balaban J connectivity index is 1.34. The van der Waals surface area contributed by atoms with Gasteiger partial charge in [0.1, 0.15) is 0 Å². The van der Waals surface area contributed by atoms with Gasteiger partial charge in [-0.3, -0.25) is 14.8 Å². The number of amides is 1. The molecule has 34 heavy (non-hydrogen) atoms. The first kappa shape index (κ1) is 22.5. The summed E-state index contributed by atoms with van der Waals surface area (Å²) in [4.78, 5) is 21.9. The van der Waals surface area contributed by atoms with Crippen LogP contribution in [0.3, 0.4) is 0 Å². The number of aliphatic imine (C=N–C) groups is 1. The SMILES string of the molecule is CC1=NCc2ccc(-c3cncc(C[C@@H](CNC(=O)C4CCCCC4)c4ccccc4)c3)cc21. The molecule has 174 valence electrons. The first-order valence-electron chi connectivity index (χ1n) is 12.6. The molecule has 1 N–H and O–H groups in total. The van der Waals surface area contributed by atoms with Crippen LogP contribution in [-0.4, -0.2) is 23.1 Å². The Bertz CT molecular complexity index is 1180. The number of pyridine rings is 1. The Hall–Kier alpha value is -3.27. The Morgan fingerprint density at radius 3 is 2.65 bits per heavy atom. The lowest BCUT2D eigenvalue weighted by Crippen LogP contribution is -2.35. The van der Waals surface area contributed by atoms with Gasteiger partial charge in [-0.05, 0) is 60.6 Å². The molecule has 1 atom stereocenters. The molecule has 1 aliphatic carbocycles. The highest BCUT2D eigenvalue weighted by atomic mass is 16.1. The highest BCUT2D eigenvalue weighted by Gasteiger charge is 2.22. The smallest absolute Gasteiger partial charge is 0.223 e. The second-order valence-corrected chi connectivity index (χ2v) is 9.75. The molecule has 2 heterocycles. The van der Waals surface area contributed by atoms with E-state index in [0.717, 1.165) is 37.1 Å². The van der Waals surface area contributed by atoms with Gasteiger partial charge < -0.3 is 5.32 Å². The van der Waals surface area contributed by atoms with Gasteiger partial charge in [-0.15, -0.1) is 0 Å². The number of nitrogens with one attached hydrogen (secondary N) is 1. The van der Waals surface area contributed by atoms with Gasteiger partial charge in [0, 0.05) is 47.6 Å². The van der Waals surface area contributed by atoms with Crippen molar-refractivity contribution < 1.29 is 4.79 Å². The van der Waals surface area contributed by atoms with Crippen LogP contribution in [0, 0.1) is 5.92 Å². The Morgan fingerprint density at radius 2 is 1.82 bits per heavy atom. The minimum Gasteiger partial charge on any atom is -0.355 e. The minimum absolute atomic E-state index is 0.182. The van der Waals surface area contributed by atoms with E-state index in [4.69, 9.17) is 0 Å². The highest BCUT2D eigenvalue weighted by molar-refractivity contribution is 6.02. The van der Waals surface area contributed by atoms with E-state index in [9.17, 15) is 4.79 Å². The van der Waals surface area contributed by atoms with Crippen molar-refractivity contribution in [3.8, 4) is 11.1 Å². The first-order chi connectivity index (χ1) is 16.7. The molecule has 1 aliphatic heterocycles. The van der Waals surface area contributed by atoms with Crippen molar-refractivity contribution in [1.82, 2.24) is 10.3 Å². The number of fused-ring (bicyclic) bond motifs is 1. The first-order valence-corrected chi connectivity index (χ1v) is 12.6. The van der Waals surface area contributed by atoms with E-state index in [0.29, 0.717) is 6.54 Å². The molecule has 1 saturated carbocycles. The maximum Gasteiger partial charge on any atom is 0.223 e. The summed E-state index contributed by atoms with van der Waals surface area (Å²) in [5.74, 6) is 0.616. The Morgan fingerprint density at radius 1 is 1.00 bits per heavy atom. The number of hydrogen-bond acceptors (Lipinski definition) is 3. The van der Waals surface area contributed by atoms with Crippen molar-refractivity contribution >= 4 is 11.6 Å². The molecule has 1 aromatic heterocycles. The van der Waals surface area contributed by atoms with Crippen LogP contribution < -0.4 is 5.32 Å². The molecule has 1 fully saturated rings. The highest BCUT2D eigenvalue weighted by Crippen LogP contribution is 2.29. The molecule has 0 spiro atoms. The van der Waals surface area contributed by atoms with E-state index in [1.807, 2.05) is 18.5 Å². The summed E-state index contributed by atoms with van der Waals surface area (Å²) >= 11 is 0. The summed E-state index contributed by atoms with van der Waals surface area (Å²) < 4.78 is 0. The van der Waals surface area contributed by atoms with Crippen LogP contribution in [0.5, 0.6) is 0 Å². The molecule has 5 rings (SSSR count). The normalized spacial score (nSPS) is 16.6. The molecule has 2 aromatic carbocycles. The van der Waals surface area contributed by atoms with E-state index < -0.39 is 0 Å². The van der Waals surface area contributed by atoms with Crippen LogP contribution in [0.4, 0.5) is 0 Å². The fraction of sp³-hybridized carbons (Fsp3) is 0.367. The van der Waals surface area contributed by atoms with Gasteiger partial charge in [0.15, 0.2) is 0 Å². The second-order valence-electron chi connectivity index (χ2n) is 9.75. The zero-order valence-corrected chi connectivity index (χ0v) is 20.0. The molecule has 0 saturated heterocycles. The fourth-order valence-corrected chi connectivity index (χ4v) is 5.33. The Kier molecular flexibility index (Phi) is 6.84. The van der Waals surface area contributed by atoms with Crippen molar-refractivity contribution in [2.45, 2.75) is 57.9 Å². The number of carbonyl (C=O) groups excluding carboxylic acids is 1. The zero-order chi connectivity index (χ0) is 23.3. The molecule has 3 aromatic rings. The summed E-state index contributed by atoms with van der Waals surface area (Å²) in [6.45, 7) is 3.51. The van der Waals surface area contributed by atoms with Gasteiger partial charge >= 0.3 is 0 Å². The van der Waals surface area contributed by atoms with Crippen LogP contribution in [0.15, 0.2) is 72.0 Å². The van der Waals surface area contributed by atoms with Crippen molar-refractivity contribution in [3.05, 3.63) is 89.2 Å². The van der Waals surface area contributed by atoms with E-state index >= 15 is 0 Å². The van der Waals surface area contributed by atoms with Gasteiger partial charge in [0.2, 0.25) is 5.91 Å². The molecule has 0 unspecified atom stereocenters. The number of nitrogens with zero attached hydrogens (tertiary/aromatic N) is 2. The third kappa shape index (κ3) is 5.11. The summed E-state index contributed by atoms with van der Waals surface area (Å²) in [6, 6.07) is 19.4. The lowest BCUT2D eigenvalue weighted by atomic mass is 9.88. The van der Waals surface area contributed by atoms with E-state index in [2.05, 4.69) is 70.7 Å². The summed E-state index contributed by atoms with van der Waals surface area (Å²) in [6.07, 6.45) is 10.4. The van der Waals surface area contributed by atoms with E-state index in [-0.39, 0.29) is 17.7 Å². The molecule has 4 nitrogen and oxygen atoms in total. The standard InChI is InChI=1S/C30H33N3O/c1-21-29-16-25(12-13-26(29)19-32-21)27-14-22(17-31-18-27)15-28(23-8-4-2-5-9-23)20-33-30(34)24-10-6-3-7-11-24/h2,4-5,8-9,12-14,16-18,24,28H,3,6-7,10-11,15,19-20H2,1H3,(H,33,34)/t28-/m0/s1. The average Bonchev–Trinajstić information content (AvgIpc) is 3.27. The number of carbonyl (C=O) groups is 1. The molecule has 2 aliphatic rings. The van der Waals surface area contributed by atoms with Gasteiger partial charge in [-0.25, -0.2) is 0 Å². The molecule has 1 amide bonds. The monoisotopic (exact) mass is 451 g/mol. The van der Waals surface area contributed by atoms with E-state index in [1.54, 1.807) is 0 Å². The van der Waals surface area contributed by atoms with Gasteiger partial charge in [0.25, 0.3) is 0 Å². The molecule has 0 bridgehead atoms. The van der Waals surface area contributed by atoms with E-state index in [1.165, 1.54) is 47.1 Å². The van der Waals surface area contributed by atoms with Crippen LogP contribution >= 0.6 is 0 Å². The van der Waals surface area contributed by atoms with Gasteiger partial charge in [-0.1, -0.05) is 61.7 Å². The lowest BCUT2D eigenvalue weighted by molar-refractivity contribution is -0.126. The predicted octanol–water partition coefficient (Wildman–Crippen LogP) is 6.09. The topological polar surface area (TPSA) is 54.4 Å². The molecule has 4 heteroatoms. The molecular weight excluding hydrogens is 418 g/mol. The maximum absolute atomic E-state index is 12.8. The quantitative estimate of drug-likeness (QED) is 0.472. The fourth-order valence-electron chi connectivity index (χ4n) is 5.33. The van der Waals surface area contributed by atoms with Gasteiger partial charge in [0.05, 0.1) is 6.54 Å². The molecule has 0 radical (unpaired) electrons. The third-order valence-corrected chi connectivity index (χ3v) is 7.37. The summed E-state index contributed by atoms with van der Waals surface area (Å²) in [7, 11) is 0. The number of aromatic nitrogens is 1. The summed E-state index contributed by atoms with van der Waals surface area (Å²) in [5.41, 5.74) is 8.38. The van der Waals surface area contributed by atoms with Crippen LogP contribution in [0.2, 0.25) is 0 Å². The zero-order valence-electron chi connectivity index (χ0n) is 20.0. The maximum atomic E-state index is 12.8. The number of benzene rings is 2. The van der Waals surface area contributed by atoms with Crippen LogP contribution in [0.25, 0.3) is 11.1 Å². The third-order valence-electron chi connectivity index (χ3n) is 7.37. The predicted molar refractivity (Wildman–Crippen MR) is 138 cm³/mol. The lowest BCUT2D eigenvalue weighted by Gasteiger charge is -2.23. The number of hydrogen-bond donors (Lipinski definition) is 1. The largest absolute Gasteiger partial charge is 0.355 e. The average molecular weight is 452 g/mol. The second kappa shape index (κ2) is 10.3. The van der Waals surface area contributed by atoms with Crippen molar-refractivity contribution in [2.75, 3.05) is 6.54 Å². The molecular formula is C30H33N3O. The summed E-state index contributed by atoms with van der Waals surface area (Å²) in [5, 5.41) is 3.28. The Labute approximate surface area is 202 Å². The van der Waals surface area contributed by atoms with Crippen LogP contribution in [-0.2, 0) is 17.8 Å². The minimum atomic E-state index is 0.182. The van der Waals surface area contributed by atoms with Crippen molar-refractivity contribution in [2.24, 2.45) is 10.9 Å². The number of rotatable bonds is 7. The van der Waals surface area contributed by atoms with Crippen molar-refractivity contribution in [3.63, 3.8) is 0 Å². The van der Waals surface area contributed by atoms with Gasteiger partial charge in [-0.2, -0.15) is 0 Å². The van der Waals surface area contributed by atoms with Crippen LogP contribution in [0.1, 0.15) is 67.2 Å². The van der Waals surface area contributed by atoms with Crippen molar-refractivity contribution in [1.29, 1.82) is 0 Å².